The summed E-state index contributed by atoms with van der Waals surface area (Å²) in [5.41, 5.74) is 4.65. The molecular formula is C43H32N2Si. The van der Waals surface area contributed by atoms with Crippen LogP contribution >= 0.6 is 0 Å². The summed E-state index contributed by atoms with van der Waals surface area (Å²) >= 11 is 0. The highest BCUT2D eigenvalue weighted by Gasteiger charge is 2.41. The van der Waals surface area contributed by atoms with E-state index in [0.29, 0.717) is 11.0 Å². The van der Waals surface area contributed by atoms with Gasteiger partial charge in [0.05, 0.1) is 11.0 Å². The van der Waals surface area contributed by atoms with Crippen LogP contribution in [0.25, 0.3) is 49.3 Å². The summed E-state index contributed by atoms with van der Waals surface area (Å²) < 4.78 is 30.2. The molecule has 218 valence electrons. The molecule has 0 saturated carbocycles. The first kappa shape index (κ1) is 23.7. The van der Waals surface area contributed by atoms with Crippen LogP contribution in [0.15, 0.2) is 176 Å². The molecule has 0 aliphatic heterocycles. The molecule has 7 aromatic carbocycles. The van der Waals surface area contributed by atoms with E-state index in [1.54, 1.807) is 4.57 Å². The molecule has 2 nitrogen and oxygen atoms in total. The minimum Gasteiger partial charge on any atom is -0.344 e. The van der Waals surface area contributed by atoms with Gasteiger partial charge in [0.2, 0.25) is 0 Å². The summed E-state index contributed by atoms with van der Waals surface area (Å²) in [6.07, 6.45) is 0. The first-order valence-electron chi connectivity index (χ1n) is 17.2. The van der Waals surface area contributed by atoms with Crippen molar-refractivity contribution in [1.29, 1.82) is 0 Å². The van der Waals surface area contributed by atoms with Gasteiger partial charge in [-0.1, -0.05) is 140 Å². The van der Waals surface area contributed by atoms with Crippen molar-refractivity contribution < 1.29 is 4.11 Å². The van der Waals surface area contributed by atoms with Crippen molar-refractivity contribution in [3.05, 3.63) is 176 Å². The second-order valence-electron chi connectivity index (χ2n) is 12.0. The fraction of sp³-hybridized carbons (Fsp3) is 0.0233. The van der Waals surface area contributed by atoms with Crippen LogP contribution in [0.5, 0.6) is 0 Å². The second kappa shape index (κ2) is 10.5. The Bertz CT molecular complexity index is 2490. The van der Waals surface area contributed by atoms with Gasteiger partial charge < -0.3 is 9.13 Å². The van der Waals surface area contributed by atoms with Gasteiger partial charge in [0.15, 0.2) is 8.07 Å². The van der Waals surface area contributed by atoms with E-state index >= 15 is 0 Å². The van der Waals surface area contributed by atoms with Gasteiger partial charge in [-0.3, -0.25) is 0 Å². The molecule has 9 rings (SSSR count). The van der Waals surface area contributed by atoms with Crippen LogP contribution < -0.4 is 20.7 Å². The van der Waals surface area contributed by atoms with Crippen molar-refractivity contribution >= 4 is 72.4 Å². The third-order valence-electron chi connectivity index (χ3n) is 9.64. The molecular weight excluding hydrogens is 573 g/mol. The first-order valence-corrected chi connectivity index (χ1v) is 17.7. The maximum atomic E-state index is 8.78. The Hall–Kier alpha value is -5.64. The predicted octanol–water partition coefficient (Wildman–Crippen LogP) is 7.81. The number of aromatic nitrogens is 2. The number of fused-ring (bicyclic) bond motifs is 6. The van der Waals surface area contributed by atoms with Crippen LogP contribution in [0.4, 0.5) is 0 Å². The molecule has 0 amide bonds. The molecule has 0 radical (unpaired) electrons. The Kier molecular flexibility index (Phi) is 5.40. The van der Waals surface area contributed by atoms with E-state index in [4.69, 9.17) is 4.11 Å². The van der Waals surface area contributed by atoms with Crippen molar-refractivity contribution in [2.45, 2.75) is 0 Å². The first-order chi connectivity index (χ1) is 24.0. The zero-order chi connectivity index (χ0) is 33.2. The van der Waals surface area contributed by atoms with Gasteiger partial charge in [0, 0.05) is 49.4 Å². The van der Waals surface area contributed by atoms with Crippen LogP contribution in [0, 0.1) is 0 Å². The van der Waals surface area contributed by atoms with E-state index < -0.39 is 15.0 Å². The summed E-state index contributed by atoms with van der Waals surface area (Å²) in [6, 6.07) is 61.9. The molecule has 3 heteroatoms. The number of aryl methyl sites for hydroxylation is 1. The maximum Gasteiger partial charge on any atom is 0.179 e. The lowest BCUT2D eigenvalue weighted by Gasteiger charge is -2.34. The largest absolute Gasteiger partial charge is 0.344 e. The van der Waals surface area contributed by atoms with Gasteiger partial charge in [-0.15, -0.1) is 0 Å². The lowest BCUT2D eigenvalue weighted by molar-refractivity contribution is 1.01. The van der Waals surface area contributed by atoms with Gasteiger partial charge in [-0.25, -0.2) is 0 Å². The smallest absolute Gasteiger partial charge is 0.179 e. The van der Waals surface area contributed by atoms with Gasteiger partial charge in [0.1, 0.15) is 0 Å². The number of para-hydroxylation sites is 2. The molecule has 0 spiro atoms. The number of hydrogen-bond acceptors (Lipinski definition) is 0. The molecule has 0 bridgehead atoms. The highest BCUT2D eigenvalue weighted by atomic mass is 28.3. The molecule has 0 atom stereocenters. The normalized spacial score (nSPS) is 13.3. The summed E-state index contributed by atoms with van der Waals surface area (Å²) in [6.45, 7) is -2.39. The molecule has 9 aromatic rings. The highest BCUT2D eigenvalue weighted by Crippen LogP contribution is 2.35. The number of rotatable bonds is 5. The minimum atomic E-state index is -2.86. The van der Waals surface area contributed by atoms with Crippen LogP contribution in [0.1, 0.15) is 4.11 Å². The lowest BCUT2D eigenvalue weighted by Crippen LogP contribution is -2.74. The molecule has 0 saturated heterocycles. The fourth-order valence-electron chi connectivity index (χ4n) is 7.65. The van der Waals surface area contributed by atoms with Crippen LogP contribution in [0.3, 0.4) is 0 Å². The van der Waals surface area contributed by atoms with Crippen LogP contribution in [0.2, 0.25) is 0 Å². The van der Waals surface area contributed by atoms with Crippen molar-refractivity contribution in [3.8, 4) is 5.69 Å². The Morgan fingerprint density at radius 3 is 1.43 bits per heavy atom. The molecule has 0 unspecified atom stereocenters. The summed E-state index contributed by atoms with van der Waals surface area (Å²) in [4.78, 5) is 0. The maximum absolute atomic E-state index is 8.78. The summed E-state index contributed by atoms with van der Waals surface area (Å²) in [5.74, 6) is 0. The summed E-state index contributed by atoms with van der Waals surface area (Å²) in [7, 11) is -2.86. The van der Waals surface area contributed by atoms with E-state index in [9.17, 15) is 0 Å². The Labute approximate surface area is 273 Å². The van der Waals surface area contributed by atoms with Gasteiger partial charge >= 0.3 is 0 Å². The molecule has 0 aliphatic rings. The quantitative estimate of drug-likeness (QED) is 0.140. The average molecular weight is 608 g/mol. The molecule has 2 aromatic heterocycles. The molecule has 0 fully saturated rings. The molecule has 2 heterocycles. The Morgan fingerprint density at radius 1 is 0.391 bits per heavy atom. The predicted molar refractivity (Wildman–Crippen MR) is 198 cm³/mol. The van der Waals surface area contributed by atoms with Crippen LogP contribution in [-0.4, -0.2) is 17.2 Å². The average Bonchev–Trinajstić information content (AvgIpc) is 3.66. The van der Waals surface area contributed by atoms with Gasteiger partial charge in [0.25, 0.3) is 0 Å². The minimum absolute atomic E-state index is 0.697. The zero-order valence-corrected chi connectivity index (χ0v) is 26.1. The lowest BCUT2D eigenvalue weighted by atomic mass is 10.1. The van der Waals surface area contributed by atoms with E-state index in [-0.39, 0.29) is 0 Å². The van der Waals surface area contributed by atoms with E-state index in [1.165, 1.54) is 26.3 Å². The summed E-state index contributed by atoms with van der Waals surface area (Å²) in [5, 5.41) is 9.11. The van der Waals surface area contributed by atoms with E-state index in [1.807, 2.05) is 6.07 Å². The zero-order valence-electron chi connectivity index (χ0n) is 28.1. The van der Waals surface area contributed by atoms with Crippen molar-refractivity contribution in [2.75, 3.05) is 0 Å². The SMILES string of the molecule is [2H]C([2H])([2H])n1c2ccc(-n3c4ccccc4c4ccccc43)cc2c2ccc([Si](c3ccccc3)(c3ccccc3)c3ccccc3)cc21. The van der Waals surface area contributed by atoms with Crippen molar-refractivity contribution in [3.63, 3.8) is 0 Å². The Balaban J connectivity index is 1.36. The van der Waals surface area contributed by atoms with E-state index in [0.717, 1.165) is 32.7 Å². The highest BCUT2D eigenvalue weighted by molar-refractivity contribution is 7.20. The second-order valence-corrected chi connectivity index (χ2v) is 15.8. The molecule has 46 heavy (non-hydrogen) atoms. The van der Waals surface area contributed by atoms with E-state index in [2.05, 4.69) is 174 Å². The third kappa shape index (κ3) is 3.82. The fourth-order valence-corrected chi connectivity index (χ4v) is 12.4. The number of nitrogens with zero attached hydrogens (tertiary/aromatic N) is 2. The third-order valence-corrected chi connectivity index (χ3v) is 14.4. The molecule has 0 N–H and O–H groups in total. The van der Waals surface area contributed by atoms with Crippen molar-refractivity contribution in [2.24, 2.45) is 6.98 Å². The van der Waals surface area contributed by atoms with Crippen LogP contribution in [-0.2, 0) is 6.98 Å². The van der Waals surface area contributed by atoms with Gasteiger partial charge in [-0.2, -0.15) is 0 Å². The van der Waals surface area contributed by atoms with Gasteiger partial charge in [-0.05, 0) is 57.1 Å². The monoisotopic (exact) mass is 607 g/mol. The van der Waals surface area contributed by atoms with Crippen molar-refractivity contribution in [1.82, 2.24) is 9.13 Å². The standard InChI is InChI=1S/C43H32N2Si/c1-44-40-28-25-31(45-41-23-13-11-21-36(41)37-22-12-14-24-42(37)45)29-39(40)38-27-26-35(30-43(38)44)46(32-15-5-2-6-16-32,33-17-7-3-8-18-33)34-19-9-4-10-20-34/h2-30H,1H3/i1D3. The Morgan fingerprint density at radius 2 is 0.891 bits per heavy atom. The molecule has 0 aliphatic carbocycles. The number of hydrogen-bond donors (Lipinski definition) is 0. The number of benzene rings is 7. The topological polar surface area (TPSA) is 9.86 Å².